The fraction of sp³-hybridized carbons (Fsp3) is 0.464. The lowest BCUT2D eigenvalue weighted by Gasteiger charge is -2.38. The predicted octanol–water partition coefficient (Wildman–Crippen LogP) is 3.69. The minimum atomic E-state index is -1.10. The van der Waals surface area contributed by atoms with Gasteiger partial charge in [-0.3, -0.25) is 14.6 Å². The molecule has 1 heterocycles. The summed E-state index contributed by atoms with van der Waals surface area (Å²) in [7, 11) is 1.34. The van der Waals surface area contributed by atoms with Gasteiger partial charge < -0.3 is 24.8 Å². The molecule has 1 saturated heterocycles. The predicted molar refractivity (Wildman–Crippen MR) is 143 cm³/mol. The Morgan fingerprint density at radius 1 is 1.18 bits per heavy atom. The maximum atomic E-state index is 12.9. The van der Waals surface area contributed by atoms with Gasteiger partial charge in [0.15, 0.2) is 6.73 Å². The first-order chi connectivity index (χ1) is 18.2. The van der Waals surface area contributed by atoms with Crippen LogP contribution in [0, 0.1) is 5.92 Å². The number of aliphatic carboxylic acids is 1. The maximum absolute atomic E-state index is 12.9. The Morgan fingerprint density at radius 2 is 1.89 bits per heavy atom. The lowest BCUT2D eigenvalue weighted by Crippen LogP contribution is -2.49. The van der Waals surface area contributed by atoms with Crippen LogP contribution in [-0.4, -0.2) is 72.6 Å². The number of carboxylic acid groups (broad SMARTS) is 1. The zero-order valence-electron chi connectivity index (χ0n) is 22.3. The highest BCUT2D eigenvalue weighted by Crippen LogP contribution is 2.32. The summed E-state index contributed by atoms with van der Waals surface area (Å²) in [6.45, 7) is 5.30. The summed E-state index contributed by atoms with van der Waals surface area (Å²) in [6.07, 6.45) is 7.68. The number of nitrogens with one attached hydrogen (secondary N) is 1. The van der Waals surface area contributed by atoms with E-state index >= 15 is 0 Å². The molecule has 206 valence electrons. The number of rotatable bonds is 11. The van der Waals surface area contributed by atoms with E-state index in [0.717, 1.165) is 18.4 Å². The van der Waals surface area contributed by atoms with Gasteiger partial charge in [0.2, 0.25) is 0 Å². The molecule has 2 amide bonds. The molecular formula is C28H37N3O7. The Labute approximate surface area is 223 Å². The molecule has 1 aliphatic rings. The molecule has 0 aromatic heterocycles. The molecule has 0 bridgehead atoms. The van der Waals surface area contributed by atoms with E-state index in [1.807, 2.05) is 30.3 Å². The van der Waals surface area contributed by atoms with Crippen molar-refractivity contribution in [2.45, 2.75) is 58.0 Å². The lowest BCUT2D eigenvalue weighted by atomic mass is 9.85. The van der Waals surface area contributed by atoms with Gasteiger partial charge >= 0.3 is 18.0 Å². The van der Waals surface area contributed by atoms with Crippen LogP contribution in [0.2, 0.25) is 0 Å². The minimum absolute atomic E-state index is 0.244. The van der Waals surface area contributed by atoms with Crippen LogP contribution in [-0.2, 0) is 23.9 Å². The summed E-state index contributed by atoms with van der Waals surface area (Å²) in [5, 5.41) is 11.8. The van der Waals surface area contributed by atoms with Crippen LogP contribution in [0.1, 0.15) is 51.5 Å². The number of methoxy groups -OCH3 is 1. The van der Waals surface area contributed by atoms with Gasteiger partial charge in [0.1, 0.15) is 12.0 Å². The zero-order valence-corrected chi connectivity index (χ0v) is 22.3. The number of carboxylic acids is 1. The Hall–Kier alpha value is -3.95. The van der Waals surface area contributed by atoms with Crippen LogP contribution >= 0.6 is 0 Å². The number of aliphatic imine (C=N–C) groups is 1. The van der Waals surface area contributed by atoms with Crippen LogP contribution in [0.3, 0.4) is 0 Å². The van der Waals surface area contributed by atoms with Crippen molar-refractivity contribution >= 4 is 30.2 Å². The molecule has 0 radical (unpaired) electrons. The van der Waals surface area contributed by atoms with Gasteiger partial charge in [-0.05, 0) is 49.8 Å². The fourth-order valence-corrected chi connectivity index (χ4v) is 4.30. The number of benzene rings is 1. The number of allylic oxidation sites excluding steroid dienone is 2. The molecule has 1 aromatic rings. The molecule has 38 heavy (non-hydrogen) atoms. The number of nitrogens with zero attached hydrogens (tertiary/aromatic N) is 2. The minimum Gasteiger partial charge on any atom is -0.480 e. The molecule has 10 heteroatoms. The number of esters is 1. The molecule has 0 spiro atoms. The van der Waals surface area contributed by atoms with E-state index in [-0.39, 0.29) is 18.2 Å². The van der Waals surface area contributed by atoms with Crippen molar-refractivity contribution in [2.75, 3.05) is 20.4 Å². The van der Waals surface area contributed by atoms with Crippen molar-refractivity contribution in [3.8, 4) is 0 Å². The van der Waals surface area contributed by atoms with Gasteiger partial charge in [0.05, 0.1) is 13.2 Å². The molecule has 0 saturated carbocycles. The molecule has 1 aromatic carbocycles. The van der Waals surface area contributed by atoms with Gasteiger partial charge in [-0.1, -0.05) is 50.3 Å². The molecule has 1 fully saturated rings. The number of amides is 2. The second kappa shape index (κ2) is 15.3. The third kappa shape index (κ3) is 8.57. The second-order valence-corrected chi connectivity index (χ2v) is 9.18. The average molecular weight is 528 g/mol. The van der Waals surface area contributed by atoms with Crippen molar-refractivity contribution in [1.82, 2.24) is 10.2 Å². The van der Waals surface area contributed by atoms with E-state index in [0.29, 0.717) is 13.0 Å². The number of hydrogen-bond acceptors (Lipinski definition) is 7. The lowest BCUT2D eigenvalue weighted by molar-refractivity contribution is -0.144. The quantitative estimate of drug-likeness (QED) is 0.194. The van der Waals surface area contributed by atoms with Gasteiger partial charge in [0, 0.05) is 18.3 Å². The van der Waals surface area contributed by atoms with Gasteiger partial charge in [-0.25, -0.2) is 9.59 Å². The average Bonchev–Trinajstić information content (AvgIpc) is 2.91. The summed E-state index contributed by atoms with van der Waals surface area (Å²) in [4.78, 5) is 54.9. The molecule has 10 nitrogen and oxygen atoms in total. The summed E-state index contributed by atoms with van der Waals surface area (Å²) in [5.41, 5.74) is 1.05. The first-order valence-electron chi connectivity index (χ1n) is 12.6. The monoisotopic (exact) mass is 527 g/mol. The SMILES string of the molecule is C\C=C(/C=C\C=N\COC(=O)N1CCCCC1C(C(=O)OC)c1ccccc1)C(=O)NC(C(=O)O)C(C)C. The largest absolute Gasteiger partial charge is 0.480 e. The van der Waals surface area contributed by atoms with E-state index in [4.69, 9.17) is 9.47 Å². The Kier molecular flexibility index (Phi) is 12.2. The topological polar surface area (TPSA) is 135 Å². The summed E-state index contributed by atoms with van der Waals surface area (Å²) >= 11 is 0. The summed E-state index contributed by atoms with van der Waals surface area (Å²) < 4.78 is 10.4. The Balaban J connectivity index is 1.98. The highest BCUT2D eigenvalue weighted by molar-refractivity contribution is 5.99. The molecule has 3 unspecified atom stereocenters. The van der Waals surface area contributed by atoms with Crippen LogP contribution in [0.25, 0.3) is 0 Å². The number of carbonyl (C=O) groups is 4. The van der Waals surface area contributed by atoms with E-state index in [2.05, 4.69) is 10.3 Å². The molecule has 2 N–H and O–H groups in total. The molecule has 2 rings (SSSR count). The highest BCUT2D eigenvalue weighted by atomic mass is 16.6. The smallest absolute Gasteiger partial charge is 0.411 e. The third-order valence-electron chi connectivity index (χ3n) is 6.30. The van der Waals surface area contributed by atoms with Crippen LogP contribution in [0.15, 0.2) is 59.1 Å². The summed E-state index contributed by atoms with van der Waals surface area (Å²) in [5.74, 6) is -2.92. The summed E-state index contributed by atoms with van der Waals surface area (Å²) in [6, 6.07) is 7.85. The van der Waals surface area contributed by atoms with Crippen molar-refractivity contribution < 1.29 is 33.8 Å². The van der Waals surface area contributed by atoms with Crippen molar-refractivity contribution in [2.24, 2.45) is 10.9 Å². The second-order valence-electron chi connectivity index (χ2n) is 9.18. The van der Waals surface area contributed by atoms with Crippen LogP contribution < -0.4 is 5.32 Å². The first kappa shape index (κ1) is 30.3. The maximum Gasteiger partial charge on any atom is 0.411 e. The standard InChI is InChI=1S/C28H37N3O7/c1-5-20(25(32)30-24(19(2)3)26(33)34)14-11-16-29-18-38-28(36)31-17-10-9-15-22(31)23(27(35)37-4)21-12-7-6-8-13-21/h5-8,11-14,16,19,22-24H,9-10,15,17-18H2,1-4H3,(H,30,32)(H,33,34)/b14-11-,20-5+,29-16+. The number of likely N-dealkylation sites (tertiary alicyclic amines) is 1. The fourth-order valence-electron chi connectivity index (χ4n) is 4.30. The van der Waals surface area contributed by atoms with Crippen molar-refractivity contribution in [3.63, 3.8) is 0 Å². The normalized spacial score (nSPS) is 17.9. The molecule has 1 aliphatic heterocycles. The van der Waals surface area contributed by atoms with Crippen molar-refractivity contribution in [3.05, 3.63) is 59.7 Å². The molecular weight excluding hydrogens is 490 g/mol. The van der Waals surface area contributed by atoms with Crippen LogP contribution in [0.5, 0.6) is 0 Å². The van der Waals surface area contributed by atoms with Gasteiger partial charge in [-0.15, -0.1) is 0 Å². The Bertz CT molecular complexity index is 1050. The number of ether oxygens (including phenoxy) is 2. The van der Waals surface area contributed by atoms with E-state index in [1.54, 1.807) is 31.7 Å². The first-order valence-corrected chi connectivity index (χ1v) is 12.6. The van der Waals surface area contributed by atoms with Gasteiger partial charge in [0.25, 0.3) is 5.91 Å². The third-order valence-corrected chi connectivity index (χ3v) is 6.30. The molecule has 0 aliphatic carbocycles. The number of hydrogen-bond donors (Lipinski definition) is 2. The number of carbonyl (C=O) groups excluding carboxylic acids is 3. The zero-order chi connectivity index (χ0) is 28.1. The van der Waals surface area contributed by atoms with E-state index < -0.39 is 41.9 Å². The van der Waals surface area contributed by atoms with Crippen molar-refractivity contribution in [1.29, 1.82) is 0 Å². The van der Waals surface area contributed by atoms with Crippen LogP contribution in [0.4, 0.5) is 4.79 Å². The highest BCUT2D eigenvalue weighted by Gasteiger charge is 2.39. The Morgan fingerprint density at radius 3 is 2.50 bits per heavy atom. The molecule has 3 atom stereocenters. The van der Waals surface area contributed by atoms with E-state index in [1.165, 1.54) is 25.5 Å². The van der Waals surface area contributed by atoms with E-state index in [9.17, 15) is 24.3 Å². The van der Waals surface area contributed by atoms with Gasteiger partial charge in [-0.2, -0.15) is 0 Å². The number of piperidine rings is 1.